The van der Waals surface area contributed by atoms with Crippen LogP contribution in [0.5, 0.6) is 5.75 Å². The molecule has 2 heterocycles. The molecule has 0 saturated carbocycles. The number of ether oxygens (including phenoxy) is 1. The third kappa shape index (κ3) is 8.13. The van der Waals surface area contributed by atoms with Gasteiger partial charge in [-0.15, -0.1) is 0 Å². The van der Waals surface area contributed by atoms with Crippen LogP contribution in [-0.4, -0.2) is 76.5 Å². The highest BCUT2D eigenvalue weighted by atomic mass is 16.5. The molecule has 11 heteroatoms. The molecule has 1 aliphatic heterocycles. The van der Waals surface area contributed by atoms with Gasteiger partial charge in [0, 0.05) is 54.8 Å². The van der Waals surface area contributed by atoms with Crippen LogP contribution in [0.1, 0.15) is 50.5 Å². The Balaban J connectivity index is 1.30. The van der Waals surface area contributed by atoms with Gasteiger partial charge in [-0.25, -0.2) is 0 Å². The summed E-state index contributed by atoms with van der Waals surface area (Å²) in [5, 5.41) is 15.7. The van der Waals surface area contributed by atoms with E-state index in [0.717, 1.165) is 5.56 Å². The summed E-state index contributed by atoms with van der Waals surface area (Å²) in [7, 11) is 1.99. The Morgan fingerprint density at radius 3 is 2.40 bits per heavy atom. The first kappa shape index (κ1) is 33.1. The van der Waals surface area contributed by atoms with Crippen LogP contribution in [0.3, 0.4) is 0 Å². The highest BCUT2D eigenvalue weighted by Crippen LogP contribution is 2.31. The molecular formula is C36H40N6O5. The van der Waals surface area contributed by atoms with Gasteiger partial charge >= 0.3 is 0 Å². The van der Waals surface area contributed by atoms with E-state index in [0.29, 0.717) is 59.1 Å². The van der Waals surface area contributed by atoms with Crippen LogP contribution in [0, 0.1) is 5.92 Å². The Labute approximate surface area is 274 Å². The molecule has 0 saturated heterocycles. The number of nitrogens with zero attached hydrogens (tertiary/aromatic N) is 3. The molecule has 4 aromatic rings. The number of carbonyl (C=O) groups is 3. The summed E-state index contributed by atoms with van der Waals surface area (Å²) in [6.45, 7) is 5.17. The fourth-order valence-corrected chi connectivity index (χ4v) is 5.48. The minimum Gasteiger partial charge on any atom is -0.488 e. The van der Waals surface area contributed by atoms with Crippen molar-refractivity contribution < 1.29 is 24.2 Å². The maximum atomic E-state index is 13.8. The Hall–Kier alpha value is -5.26. The molecule has 3 amide bonds. The van der Waals surface area contributed by atoms with Crippen molar-refractivity contribution in [1.82, 2.24) is 14.8 Å². The van der Waals surface area contributed by atoms with E-state index in [1.165, 1.54) is 12.4 Å². The van der Waals surface area contributed by atoms with Crippen molar-refractivity contribution >= 4 is 34.8 Å². The molecule has 0 radical (unpaired) electrons. The lowest BCUT2D eigenvalue weighted by Crippen LogP contribution is -2.49. The van der Waals surface area contributed by atoms with Gasteiger partial charge in [0.2, 0.25) is 0 Å². The van der Waals surface area contributed by atoms with Crippen LogP contribution >= 0.6 is 0 Å². The van der Waals surface area contributed by atoms with E-state index < -0.39 is 6.04 Å². The second-order valence-electron chi connectivity index (χ2n) is 12.0. The van der Waals surface area contributed by atoms with Gasteiger partial charge in [-0.3, -0.25) is 24.3 Å². The highest BCUT2D eigenvalue weighted by molar-refractivity contribution is 6.06. The van der Waals surface area contributed by atoms with E-state index >= 15 is 0 Å². The van der Waals surface area contributed by atoms with Crippen molar-refractivity contribution in [3.63, 3.8) is 0 Å². The van der Waals surface area contributed by atoms with Crippen LogP contribution in [-0.2, 0) is 6.54 Å². The number of para-hydroxylation sites is 2. The van der Waals surface area contributed by atoms with Crippen LogP contribution < -0.4 is 21.1 Å². The van der Waals surface area contributed by atoms with Crippen molar-refractivity contribution in [2.24, 2.45) is 5.92 Å². The molecular weight excluding hydrogens is 596 g/mol. The number of pyridine rings is 1. The third-order valence-electron chi connectivity index (χ3n) is 8.23. The van der Waals surface area contributed by atoms with Gasteiger partial charge in [0.05, 0.1) is 29.6 Å². The lowest BCUT2D eigenvalue weighted by Gasteiger charge is -2.38. The SMILES string of the molecule is C[C@H](CO)N1C[C@H](C)[C@@H](CN(C)Cc2ccc(C(=O)Nc3ccccc3N)cc2)Oc2ccc(NC(=O)c3ccncc3)cc2C1=O. The number of nitrogens with two attached hydrogens (primary N) is 1. The molecule has 1 aliphatic rings. The van der Waals surface area contributed by atoms with Gasteiger partial charge in [0.1, 0.15) is 11.9 Å². The standard InChI is InChI=1S/C36H40N6O5/c1-23-19-42(24(2)22-43)36(46)29-18-28(39-34(44)27-14-16-38-17-15-27)12-13-32(29)47-33(23)21-41(3)20-25-8-10-26(11-9-25)35(45)40-31-7-5-4-6-30(31)37/h4-18,23-24,33,43H,19-22,37H2,1-3H3,(H,39,44)(H,40,45)/t23-,24+,33+/m0/s1. The number of nitrogen functional groups attached to an aromatic ring is 1. The van der Waals surface area contributed by atoms with Crippen LogP contribution in [0.15, 0.2) is 91.3 Å². The van der Waals surface area contributed by atoms with Gasteiger partial charge in [0.15, 0.2) is 0 Å². The van der Waals surface area contributed by atoms with Crippen molar-refractivity contribution in [3.8, 4) is 5.75 Å². The minimum atomic E-state index is -0.418. The second-order valence-corrected chi connectivity index (χ2v) is 12.0. The van der Waals surface area contributed by atoms with Gasteiger partial charge < -0.3 is 31.1 Å². The zero-order valence-electron chi connectivity index (χ0n) is 26.7. The molecule has 1 aromatic heterocycles. The number of rotatable bonds is 10. The van der Waals surface area contributed by atoms with E-state index in [1.54, 1.807) is 59.5 Å². The van der Waals surface area contributed by atoms with Crippen LogP contribution in [0.4, 0.5) is 17.1 Å². The Morgan fingerprint density at radius 2 is 1.70 bits per heavy atom. The lowest BCUT2D eigenvalue weighted by atomic mass is 9.99. The summed E-state index contributed by atoms with van der Waals surface area (Å²) < 4.78 is 6.52. The van der Waals surface area contributed by atoms with Gasteiger partial charge in [-0.2, -0.15) is 0 Å². The first-order valence-electron chi connectivity index (χ1n) is 15.5. The fraction of sp³-hybridized carbons (Fsp3) is 0.278. The normalized spacial score (nSPS) is 16.8. The fourth-order valence-electron chi connectivity index (χ4n) is 5.48. The average molecular weight is 637 g/mol. The highest BCUT2D eigenvalue weighted by Gasteiger charge is 2.33. The number of hydrogen-bond donors (Lipinski definition) is 4. The molecule has 3 aromatic carbocycles. The summed E-state index contributed by atoms with van der Waals surface area (Å²) in [4.78, 5) is 47.1. The van der Waals surface area contributed by atoms with E-state index in [2.05, 4.69) is 20.5 Å². The third-order valence-corrected chi connectivity index (χ3v) is 8.23. The number of carbonyl (C=O) groups excluding carboxylic acids is 3. The molecule has 3 atom stereocenters. The summed E-state index contributed by atoms with van der Waals surface area (Å²) in [6, 6.07) is 22.4. The zero-order valence-corrected chi connectivity index (χ0v) is 26.7. The first-order chi connectivity index (χ1) is 22.6. The molecule has 0 aliphatic carbocycles. The van der Waals surface area contributed by atoms with Gasteiger partial charge in [-0.1, -0.05) is 31.2 Å². The smallest absolute Gasteiger partial charge is 0.258 e. The maximum absolute atomic E-state index is 13.8. The number of likely N-dealkylation sites (N-methyl/N-ethyl adjacent to an activating group) is 1. The molecule has 0 unspecified atom stereocenters. The predicted octanol–water partition coefficient (Wildman–Crippen LogP) is 4.52. The molecule has 0 fully saturated rings. The maximum Gasteiger partial charge on any atom is 0.258 e. The van der Waals surface area contributed by atoms with Crippen molar-refractivity contribution in [2.75, 3.05) is 43.1 Å². The number of hydrogen-bond acceptors (Lipinski definition) is 8. The topological polar surface area (TPSA) is 150 Å². The number of fused-ring (bicyclic) bond motifs is 1. The number of benzene rings is 3. The average Bonchev–Trinajstić information content (AvgIpc) is 3.08. The Kier molecular flexibility index (Phi) is 10.5. The number of nitrogens with one attached hydrogen (secondary N) is 2. The summed E-state index contributed by atoms with van der Waals surface area (Å²) in [6.07, 6.45) is 2.78. The van der Waals surface area contributed by atoms with E-state index in [-0.39, 0.29) is 36.4 Å². The number of anilines is 3. The van der Waals surface area contributed by atoms with Gasteiger partial charge in [-0.05, 0) is 74.1 Å². The van der Waals surface area contributed by atoms with Crippen molar-refractivity contribution in [3.05, 3.63) is 114 Å². The predicted molar refractivity (Wildman–Crippen MR) is 181 cm³/mol. The summed E-state index contributed by atoms with van der Waals surface area (Å²) in [5.41, 5.74) is 9.76. The van der Waals surface area contributed by atoms with E-state index in [4.69, 9.17) is 10.5 Å². The van der Waals surface area contributed by atoms with Crippen LogP contribution in [0.2, 0.25) is 0 Å². The minimum absolute atomic E-state index is 0.0638. The van der Waals surface area contributed by atoms with E-state index in [9.17, 15) is 19.5 Å². The monoisotopic (exact) mass is 636 g/mol. The number of aliphatic hydroxyl groups is 1. The molecule has 0 spiro atoms. The number of amides is 3. The zero-order chi connectivity index (χ0) is 33.5. The molecule has 5 rings (SSSR count). The largest absolute Gasteiger partial charge is 0.488 e. The lowest BCUT2D eigenvalue weighted by molar-refractivity contribution is 0.0341. The molecule has 47 heavy (non-hydrogen) atoms. The number of aromatic nitrogens is 1. The van der Waals surface area contributed by atoms with Crippen molar-refractivity contribution in [1.29, 1.82) is 0 Å². The number of aliphatic hydroxyl groups excluding tert-OH is 1. The quantitative estimate of drug-likeness (QED) is 0.186. The summed E-state index contributed by atoms with van der Waals surface area (Å²) >= 11 is 0. The summed E-state index contributed by atoms with van der Waals surface area (Å²) in [5.74, 6) is -0.499. The molecule has 0 bridgehead atoms. The van der Waals surface area contributed by atoms with Gasteiger partial charge in [0.25, 0.3) is 17.7 Å². The Morgan fingerprint density at radius 1 is 1.02 bits per heavy atom. The van der Waals surface area contributed by atoms with Crippen LogP contribution in [0.25, 0.3) is 0 Å². The molecule has 11 nitrogen and oxygen atoms in total. The second kappa shape index (κ2) is 14.9. The van der Waals surface area contributed by atoms with Crippen molar-refractivity contribution in [2.45, 2.75) is 32.5 Å². The Bertz CT molecular complexity index is 1710. The van der Waals surface area contributed by atoms with E-state index in [1.807, 2.05) is 45.2 Å². The molecule has 5 N–H and O–H groups in total. The first-order valence-corrected chi connectivity index (χ1v) is 15.5. The molecule has 244 valence electrons.